The van der Waals surface area contributed by atoms with E-state index in [-0.39, 0.29) is 16.9 Å². The minimum atomic E-state index is -0.872. The molecule has 3 aromatic carbocycles. The fourth-order valence-corrected chi connectivity index (χ4v) is 2.36. The van der Waals surface area contributed by atoms with Gasteiger partial charge in [0.2, 0.25) is 0 Å². The van der Waals surface area contributed by atoms with E-state index in [4.69, 9.17) is 0 Å². The third kappa shape index (κ3) is 4.43. The SMILES string of the molecule is O=C(Nc1ccc(F)cc1F)c1cccc(Nc2ccc([N+](=O)[O-])cc2)c1. The summed E-state index contributed by atoms with van der Waals surface area (Å²) in [6.07, 6.45) is 0. The molecular weight excluding hydrogens is 356 g/mol. The number of anilines is 3. The fraction of sp³-hybridized carbons (Fsp3) is 0. The third-order valence-corrected chi connectivity index (χ3v) is 3.67. The molecule has 0 atom stereocenters. The predicted molar refractivity (Wildman–Crippen MR) is 97.1 cm³/mol. The van der Waals surface area contributed by atoms with Gasteiger partial charge in [0.05, 0.1) is 10.6 Å². The first-order chi connectivity index (χ1) is 12.9. The van der Waals surface area contributed by atoms with Crippen LogP contribution >= 0.6 is 0 Å². The van der Waals surface area contributed by atoms with E-state index in [2.05, 4.69) is 10.6 Å². The third-order valence-electron chi connectivity index (χ3n) is 3.67. The number of carbonyl (C=O) groups is 1. The molecule has 0 spiro atoms. The van der Waals surface area contributed by atoms with Gasteiger partial charge in [-0.15, -0.1) is 0 Å². The second-order valence-electron chi connectivity index (χ2n) is 5.59. The van der Waals surface area contributed by atoms with Crippen molar-refractivity contribution in [2.24, 2.45) is 0 Å². The van der Waals surface area contributed by atoms with Crippen molar-refractivity contribution in [2.75, 3.05) is 10.6 Å². The smallest absolute Gasteiger partial charge is 0.269 e. The molecule has 0 aliphatic rings. The molecule has 0 unspecified atom stereocenters. The highest BCUT2D eigenvalue weighted by Crippen LogP contribution is 2.22. The minimum Gasteiger partial charge on any atom is -0.356 e. The molecule has 27 heavy (non-hydrogen) atoms. The van der Waals surface area contributed by atoms with Gasteiger partial charge in [0.15, 0.2) is 0 Å². The van der Waals surface area contributed by atoms with Crippen molar-refractivity contribution in [3.63, 3.8) is 0 Å². The van der Waals surface area contributed by atoms with E-state index in [0.717, 1.165) is 12.1 Å². The van der Waals surface area contributed by atoms with Crippen LogP contribution in [0.25, 0.3) is 0 Å². The Balaban J connectivity index is 1.74. The number of benzene rings is 3. The number of amides is 1. The summed E-state index contributed by atoms with van der Waals surface area (Å²) < 4.78 is 26.6. The molecule has 0 aliphatic carbocycles. The molecule has 0 bridgehead atoms. The Morgan fingerprint density at radius 2 is 1.67 bits per heavy atom. The van der Waals surface area contributed by atoms with Crippen LogP contribution in [0.15, 0.2) is 66.7 Å². The Hall–Kier alpha value is -3.81. The Bertz CT molecular complexity index is 1010. The zero-order valence-electron chi connectivity index (χ0n) is 13.8. The van der Waals surface area contributed by atoms with Crippen LogP contribution in [0.2, 0.25) is 0 Å². The number of nitrogens with zero attached hydrogens (tertiary/aromatic N) is 1. The normalized spacial score (nSPS) is 10.3. The van der Waals surface area contributed by atoms with Crippen molar-refractivity contribution in [1.82, 2.24) is 0 Å². The van der Waals surface area contributed by atoms with E-state index < -0.39 is 22.5 Å². The maximum absolute atomic E-state index is 13.7. The summed E-state index contributed by atoms with van der Waals surface area (Å²) in [5.74, 6) is -2.17. The van der Waals surface area contributed by atoms with Gasteiger partial charge < -0.3 is 10.6 Å². The highest BCUT2D eigenvalue weighted by molar-refractivity contribution is 6.04. The topological polar surface area (TPSA) is 84.3 Å². The van der Waals surface area contributed by atoms with E-state index in [9.17, 15) is 23.7 Å². The lowest BCUT2D eigenvalue weighted by Crippen LogP contribution is -2.13. The molecular formula is C19H13F2N3O3. The highest BCUT2D eigenvalue weighted by atomic mass is 19.1. The van der Waals surface area contributed by atoms with Crippen LogP contribution in [0.1, 0.15) is 10.4 Å². The van der Waals surface area contributed by atoms with E-state index in [1.54, 1.807) is 24.3 Å². The molecule has 6 nitrogen and oxygen atoms in total. The monoisotopic (exact) mass is 369 g/mol. The second kappa shape index (κ2) is 7.61. The number of rotatable bonds is 5. The highest BCUT2D eigenvalue weighted by Gasteiger charge is 2.11. The summed E-state index contributed by atoms with van der Waals surface area (Å²) in [7, 11) is 0. The largest absolute Gasteiger partial charge is 0.356 e. The zero-order valence-corrected chi connectivity index (χ0v) is 13.8. The number of halogens is 2. The van der Waals surface area contributed by atoms with Gasteiger partial charge in [-0.05, 0) is 42.5 Å². The molecule has 3 rings (SSSR count). The van der Waals surface area contributed by atoms with Crippen molar-refractivity contribution in [3.05, 3.63) is 94.0 Å². The van der Waals surface area contributed by atoms with E-state index in [0.29, 0.717) is 17.4 Å². The summed E-state index contributed by atoms with van der Waals surface area (Å²) in [5, 5.41) is 16.1. The van der Waals surface area contributed by atoms with Gasteiger partial charge in [0, 0.05) is 35.1 Å². The molecule has 1 amide bonds. The van der Waals surface area contributed by atoms with Gasteiger partial charge in [-0.1, -0.05) is 6.07 Å². The van der Waals surface area contributed by atoms with Crippen molar-refractivity contribution < 1.29 is 18.5 Å². The molecule has 8 heteroatoms. The Morgan fingerprint density at radius 1 is 0.926 bits per heavy atom. The molecule has 2 N–H and O–H groups in total. The van der Waals surface area contributed by atoms with Crippen LogP contribution in [0.3, 0.4) is 0 Å². The summed E-state index contributed by atoms with van der Waals surface area (Å²) >= 11 is 0. The lowest BCUT2D eigenvalue weighted by Gasteiger charge is -2.10. The number of nitro benzene ring substituents is 1. The zero-order chi connectivity index (χ0) is 19.4. The average molecular weight is 369 g/mol. The van der Waals surface area contributed by atoms with Crippen molar-refractivity contribution in [3.8, 4) is 0 Å². The van der Waals surface area contributed by atoms with Gasteiger partial charge in [0.1, 0.15) is 11.6 Å². The van der Waals surface area contributed by atoms with Gasteiger partial charge in [-0.2, -0.15) is 0 Å². The number of hydrogen-bond acceptors (Lipinski definition) is 4. The first-order valence-corrected chi connectivity index (χ1v) is 7.80. The molecule has 0 saturated carbocycles. The summed E-state index contributed by atoms with van der Waals surface area (Å²) in [6.45, 7) is 0. The molecule has 0 heterocycles. The van der Waals surface area contributed by atoms with Crippen LogP contribution in [0.5, 0.6) is 0 Å². The van der Waals surface area contributed by atoms with Gasteiger partial charge >= 0.3 is 0 Å². The van der Waals surface area contributed by atoms with Crippen LogP contribution < -0.4 is 10.6 Å². The first kappa shape index (κ1) is 18.0. The Morgan fingerprint density at radius 3 is 2.33 bits per heavy atom. The van der Waals surface area contributed by atoms with Gasteiger partial charge in [0.25, 0.3) is 11.6 Å². The fourth-order valence-electron chi connectivity index (χ4n) is 2.36. The average Bonchev–Trinajstić information content (AvgIpc) is 2.64. The number of nitrogens with one attached hydrogen (secondary N) is 2. The van der Waals surface area contributed by atoms with Crippen LogP contribution in [-0.2, 0) is 0 Å². The second-order valence-corrected chi connectivity index (χ2v) is 5.59. The number of nitro groups is 1. The summed E-state index contributed by atoms with van der Waals surface area (Å²) in [6, 6.07) is 15.1. The van der Waals surface area contributed by atoms with E-state index in [1.165, 1.54) is 24.3 Å². The lowest BCUT2D eigenvalue weighted by atomic mass is 10.1. The molecule has 0 aliphatic heterocycles. The molecule has 0 saturated heterocycles. The Kier molecular flexibility index (Phi) is 5.07. The maximum atomic E-state index is 13.7. The molecule has 0 fully saturated rings. The molecule has 0 radical (unpaired) electrons. The molecule has 136 valence electrons. The summed E-state index contributed by atoms with van der Waals surface area (Å²) in [4.78, 5) is 22.5. The maximum Gasteiger partial charge on any atom is 0.269 e. The van der Waals surface area contributed by atoms with Crippen molar-refractivity contribution >= 4 is 28.7 Å². The number of hydrogen-bond donors (Lipinski definition) is 2. The first-order valence-electron chi connectivity index (χ1n) is 7.80. The van der Waals surface area contributed by atoms with Crippen LogP contribution in [-0.4, -0.2) is 10.8 Å². The van der Waals surface area contributed by atoms with Gasteiger partial charge in [-0.3, -0.25) is 14.9 Å². The van der Waals surface area contributed by atoms with Crippen LogP contribution in [0, 0.1) is 21.7 Å². The molecule has 0 aromatic heterocycles. The van der Waals surface area contributed by atoms with E-state index >= 15 is 0 Å². The quantitative estimate of drug-likeness (QED) is 0.496. The number of non-ortho nitro benzene ring substituents is 1. The van der Waals surface area contributed by atoms with Crippen molar-refractivity contribution in [2.45, 2.75) is 0 Å². The number of carbonyl (C=O) groups excluding carboxylic acids is 1. The minimum absolute atomic E-state index is 0.0324. The summed E-state index contributed by atoms with van der Waals surface area (Å²) in [5.41, 5.74) is 1.26. The lowest BCUT2D eigenvalue weighted by molar-refractivity contribution is -0.384. The standard InChI is InChI=1S/C19H13F2N3O3/c20-13-4-9-18(17(21)11-13)23-19(25)12-2-1-3-15(10-12)22-14-5-7-16(8-6-14)24(26)27/h1-11,22H,(H,23,25). The molecule has 3 aromatic rings. The van der Waals surface area contributed by atoms with Crippen LogP contribution in [0.4, 0.5) is 31.5 Å². The van der Waals surface area contributed by atoms with E-state index in [1.807, 2.05) is 0 Å². The van der Waals surface area contributed by atoms with Crippen molar-refractivity contribution in [1.29, 1.82) is 0 Å². The van der Waals surface area contributed by atoms with Gasteiger partial charge in [-0.25, -0.2) is 8.78 Å². The predicted octanol–water partition coefficient (Wildman–Crippen LogP) is 4.87. The Labute approximate surface area is 152 Å².